The number of hydrogen-bond acceptors (Lipinski definition) is 5. The monoisotopic (exact) mass is 389 g/mol. The predicted molar refractivity (Wildman–Crippen MR) is 97.7 cm³/mol. The molecule has 1 aromatic heterocycles. The van der Waals surface area contributed by atoms with Crippen molar-refractivity contribution in [2.24, 2.45) is 0 Å². The number of benzene rings is 1. The van der Waals surface area contributed by atoms with Gasteiger partial charge in [-0.05, 0) is 54.8 Å². The lowest BCUT2D eigenvalue weighted by Gasteiger charge is -2.17. The lowest BCUT2D eigenvalue weighted by atomic mass is 10.1. The second-order valence-corrected chi connectivity index (χ2v) is 7.93. The Labute approximate surface area is 156 Å². The summed E-state index contributed by atoms with van der Waals surface area (Å²) in [6, 6.07) is 7.80. The summed E-state index contributed by atoms with van der Waals surface area (Å²) in [6.07, 6.45) is 4.28. The van der Waals surface area contributed by atoms with Gasteiger partial charge in [-0.1, -0.05) is 0 Å². The minimum absolute atomic E-state index is 0.00253. The van der Waals surface area contributed by atoms with E-state index in [9.17, 15) is 23.1 Å². The quantitative estimate of drug-likeness (QED) is 0.734. The van der Waals surface area contributed by atoms with Crippen molar-refractivity contribution in [2.75, 3.05) is 11.4 Å². The number of carbonyl (C=O) groups is 2. The number of carboxylic acids is 1. The van der Waals surface area contributed by atoms with Gasteiger partial charge in [-0.15, -0.1) is 0 Å². The molecular weight excluding hydrogens is 370 g/mol. The standard InChI is InChI=1S/C18H19N3O5S/c22-17-2-1-11-21(17)14-3-5-15(6-4-14)27(25,26)20-16(18(23)24)12-13-7-9-19-10-8-13/h3-10,16,20H,1-2,11-12H2,(H,23,24). The number of rotatable bonds is 7. The molecule has 1 amide bonds. The molecule has 27 heavy (non-hydrogen) atoms. The van der Waals surface area contributed by atoms with E-state index in [1.807, 2.05) is 0 Å². The van der Waals surface area contributed by atoms with Crippen molar-refractivity contribution < 1.29 is 23.1 Å². The first kappa shape index (κ1) is 19.0. The highest BCUT2D eigenvalue weighted by Gasteiger charge is 2.26. The topological polar surface area (TPSA) is 117 Å². The summed E-state index contributed by atoms with van der Waals surface area (Å²) in [5, 5.41) is 9.37. The van der Waals surface area contributed by atoms with Crippen molar-refractivity contribution in [1.29, 1.82) is 0 Å². The van der Waals surface area contributed by atoms with Gasteiger partial charge in [0.15, 0.2) is 0 Å². The van der Waals surface area contributed by atoms with Crippen LogP contribution in [0.3, 0.4) is 0 Å². The smallest absolute Gasteiger partial charge is 0.322 e. The van der Waals surface area contributed by atoms with Crippen LogP contribution >= 0.6 is 0 Å². The minimum Gasteiger partial charge on any atom is -0.480 e. The maximum Gasteiger partial charge on any atom is 0.322 e. The summed E-state index contributed by atoms with van der Waals surface area (Å²) in [6.45, 7) is 0.607. The van der Waals surface area contributed by atoms with Gasteiger partial charge in [-0.2, -0.15) is 4.72 Å². The second kappa shape index (κ2) is 7.85. The van der Waals surface area contributed by atoms with Gasteiger partial charge in [-0.3, -0.25) is 14.6 Å². The summed E-state index contributed by atoms with van der Waals surface area (Å²) in [5.41, 5.74) is 1.28. The molecule has 142 valence electrons. The molecular formula is C18H19N3O5S. The van der Waals surface area contributed by atoms with Gasteiger partial charge >= 0.3 is 5.97 Å². The van der Waals surface area contributed by atoms with Crippen molar-refractivity contribution in [3.8, 4) is 0 Å². The fourth-order valence-corrected chi connectivity index (χ4v) is 4.10. The largest absolute Gasteiger partial charge is 0.480 e. The van der Waals surface area contributed by atoms with Gasteiger partial charge in [0.1, 0.15) is 6.04 Å². The van der Waals surface area contributed by atoms with Crippen LogP contribution in [0.15, 0.2) is 53.7 Å². The number of hydrogen-bond donors (Lipinski definition) is 2. The van der Waals surface area contributed by atoms with Crippen LogP contribution in [0.2, 0.25) is 0 Å². The Morgan fingerprint density at radius 1 is 1.19 bits per heavy atom. The molecule has 9 heteroatoms. The van der Waals surface area contributed by atoms with Crippen molar-refractivity contribution in [2.45, 2.75) is 30.2 Å². The summed E-state index contributed by atoms with van der Waals surface area (Å²) in [5.74, 6) is -1.26. The first-order chi connectivity index (χ1) is 12.9. The van der Waals surface area contributed by atoms with Crippen molar-refractivity contribution in [3.05, 3.63) is 54.4 Å². The molecule has 0 saturated carbocycles. The summed E-state index contributed by atoms with van der Waals surface area (Å²) in [4.78, 5) is 28.7. The molecule has 1 aromatic carbocycles. The van der Waals surface area contributed by atoms with E-state index in [0.29, 0.717) is 24.2 Å². The predicted octanol–water partition coefficient (Wildman–Crippen LogP) is 1.18. The Morgan fingerprint density at radius 3 is 2.41 bits per heavy atom. The maximum atomic E-state index is 12.6. The fraction of sp³-hybridized carbons (Fsp3) is 0.278. The Balaban J connectivity index is 1.76. The lowest BCUT2D eigenvalue weighted by Crippen LogP contribution is -2.42. The van der Waals surface area contributed by atoms with Crippen molar-refractivity contribution >= 4 is 27.6 Å². The number of pyridine rings is 1. The first-order valence-electron chi connectivity index (χ1n) is 8.41. The van der Waals surface area contributed by atoms with E-state index in [0.717, 1.165) is 6.42 Å². The molecule has 1 saturated heterocycles. The fourth-order valence-electron chi connectivity index (χ4n) is 2.92. The average molecular weight is 389 g/mol. The molecule has 2 aromatic rings. The number of nitrogens with zero attached hydrogens (tertiary/aromatic N) is 2. The molecule has 0 aliphatic carbocycles. The maximum absolute atomic E-state index is 12.6. The molecule has 2 N–H and O–H groups in total. The Kier molecular flexibility index (Phi) is 5.52. The van der Waals surface area contributed by atoms with Gasteiger partial charge in [0.2, 0.25) is 15.9 Å². The molecule has 0 radical (unpaired) electrons. The van der Waals surface area contributed by atoms with Crippen molar-refractivity contribution in [1.82, 2.24) is 9.71 Å². The van der Waals surface area contributed by atoms with Gasteiger partial charge in [0.05, 0.1) is 4.90 Å². The Morgan fingerprint density at radius 2 is 1.85 bits per heavy atom. The van der Waals surface area contributed by atoms with Gasteiger partial charge < -0.3 is 10.0 Å². The highest BCUT2D eigenvalue weighted by Crippen LogP contribution is 2.23. The zero-order valence-corrected chi connectivity index (χ0v) is 15.2. The number of sulfonamides is 1. The number of carbonyl (C=O) groups excluding carboxylic acids is 1. The van der Waals surface area contributed by atoms with Gasteiger partial charge in [0, 0.05) is 31.0 Å². The molecule has 1 unspecified atom stereocenters. The lowest BCUT2D eigenvalue weighted by molar-refractivity contribution is -0.138. The number of nitrogens with one attached hydrogen (secondary N) is 1. The minimum atomic E-state index is -4.03. The van der Waals surface area contributed by atoms with Crippen LogP contribution in [0.1, 0.15) is 18.4 Å². The van der Waals surface area contributed by atoms with E-state index >= 15 is 0 Å². The van der Waals surface area contributed by atoms with E-state index in [4.69, 9.17) is 0 Å². The average Bonchev–Trinajstić information content (AvgIpc) is 3.08. The number of anilines is 1. The molecule has 1 atom stereocenters. The number of aliphatic carboxylic acids is 1. The summed E-state index contributed by atoms with van der Waals surface area (Å²) < 4.78 is 27.4. The second-order valence-electron chi connectivity index (χ2n) is 6.21. The Bertz CT molecular complexity index is 929. The van der Waals surface area contributed by atoms with E-state index in [-0.39, 0.29) is 17.2 Å². The third kappa shape index (κ3) is 4.50. The van der Waals surface area contributed by atoms with Crippen LogP contribution in [0.5, 0.6) is 0 Å². The highest BCUT2D eigenvalue weighted by molar-refractivity contribution is 7.89. The van der Waals surface area contributed by atoms with E-state index in [2.05, 4.69) is 9.71 Å². The van der Waals surface area contributed by atoms with Crippen molar-refractivity contribution in [3.63, 3.8) is 0 Å². The van der Waals surface area contributed by atoms with Gasteiger partial charge in [0.25, 0.3) is 0 Å². The van der Waals surface area contributed by atoms with E-state index in [1.54, 1.807) is 29.2 Å². The molecule has 1 aliphatic heterocycles. The molecule has 1 fully saturated rings. The third-order valence-corrected chi connectivity index (χ3v) is 5.80. The van der Waals surface area contributed by atoms with Gasteiger partial charge in [-0.25, -0.2) is 8.42 Å². The molecule has 8 nitrogen and oxygen atoms in total. The molecule has 0 spiro atoms. The van der Waals surface area contributed by atoms with E-state index < -0.39 is 22.0 Å². The molecule has 0 bridgehead atoms. The van der Waals surface area contributed by atoms with Crippen LogP contribution in [-0.2, 0) is 26.0 Å². The highest BCUT2D eigenvalue weighted by atomic mass is 32.2. The third-order valence-electron chi connectivity index (χ3n) is 4.32. The summed E-state index contributed by atoms with van der Waals surface area (Å²) >= 11 is 0. The SMILES string of the molecule is O=C(O)C(Cc1ccncc1)NS(=O)(=O)c1ccc(N2CCCC2=O)cc1. The zero-order valence-electron chi connectivity index (χ0n) is 14.4. The molecule has 2 heterocycles. The van der Waals surface area contributed by atoms with Crippen LogP contribution in [-0.4, -0.2) is 43.0 Å². The number of aromatic nitrogens is 1. The van der Waals surface area contributed by atoms with E-state index in [1.165, 1.54) is 24.5 Å². The van der Waals surface area contributed by atoms with Crippen LogP contribution in [0, 0.1) is 0 Å². The Hall–Kier alpha value is -2.78. The van der Waals surface area contributed by atoms with Crippen LogP contribution < -0.4 is 9.62 Å². The number of amides is 1. The molecule has 1 aliphatic rings. The number of carboxylic acid groups (broad SMARTS) is 1. The zero-order chi connectivity index (χ0) is 19.4. The molecule has 3 rings (SSSR count). The normalized spacial score (nSPS) is 15.7. The summed E-state index contributed by atoms with van der Waals surface area (Å²) in [7, 11) is -4.03. The van der Waals surface area contributed by atoms with Crippen LogP contribution in [0.4, 0.5) is 5.69 Å². The first-order valence-corrected chi connectivity index (χ1v) is 9.89. The van der Waals surface area contributed by atoms with Crippen LogP contribution in [0.25, 0.3) is 0 Å².